The van der Waals surface area contributed by atoms with E-state index in [2.05, 4.69) is 5.32 Å². The van der Waals surface area contributed by atoms with E-state index in [4.69, 9.17) is 10.5 Å². The third-order valence-electron chi connectivity index (χ3n) is 5.31. The molecule has 6 heteroatoms. The molecule has 25 heavy (non-hydrogen) atoms. The molecule has 1 aromatic carbocycles. The van der Waals surface area contributed by atoms with E-state index in [9.17, 15) is 9.59 Å². The molecular weight excluding hydrogens is 340 g/mol. The van der Waals surface area contributed by atoms with E-state index >= 15 is 0 Å². The fourth-order valence-electron chi connectivity index (χ4n) is 4.21. The zero-order chi connectivity index (χ0) is 17.1. The molecular formula is C19H27ClN2O3. The number of carbonyl (C=O) groups excluding carboxylic acids is 2. The molecule has 2 bridgehead atoms. The van der Waals surface area contributed by atoms with Gasteiger partial charge < -0.3 is 15.8 Å². The van der Waals surface area contributed by atoms with Crippen molar-refractivity contribution in [1.82, 2.24) is 5.32 Å². The summed E-state index contributed by atoms with van der Waals surface area (Å²) in [5.74, 6) is 1.43. The molecule has 0 aliphatic heterocycles. The van der Waals surface area contributed by atoms with Crippen LogP contribution in [0.3, 0.4) is 0 Å². The number of halogens is 1. The molecule has 2 unspecified atom stereocenters. The maximum absolute atomic E-state index is 12.3. The molecule has 1 aromatic rings. The average Bonchev–Trinajstić information content (AvgIpc) is 2.54. The number of nitrogens with two attached hydrogens (primary N) is 1. The van der Waals surface area contributed by atoms with Crippen LogP contribution in [0.1, 0.15) is 49.4 Å². The average molecular weight is 367 g/mol. The number of ketones is 1. The lowest BCUT2D eigenvalue weighted by atomic mass is 9.67. The molecule has 2 saturated carbocycles. The SMILES string of the molecule is CC(=O)c1cccc(OCC(=O)NC2C3CCCC2CC(N)C3)c1.Cl. The van der Waals surface area contributed by atoms with Gasteiger partial charge in [0.1, 0.15) is 5.75 Å². The van der Waals surface area contributed by atoms with Gasteiger partial charge in [0, 0.05) is 17.6 Å². The lowest BCUT2D eigenvalue weighted by Gasteiger charge is -2.45. The summed E-state index contributed by atoms with van der Waals surface area (Å²) >= 11 is 0. The molecule has 3 N–H and O–H groups in total. The highest BCUT2D eigenvalue weighted by Crippen LogP contribution is 2.39. The van der Waals surface area contributed by atoms with Crippen molar-refractivity contribution in [2.24, 2.45) is 17.6 Å². The van der Waals surface area contributed by atoms with Crippen LogP contribution in [0.2, 0.25) is 0 Å². The minimum absolute atomic E-state index is 0. The molecule has 3 rings (SSSR count). The van der Waals surface area contributed by atoms with Gasteiger partial charge in [-0.2, -0.15) is 0 Å². The number of hydrogen-bond acceptors (Lipinski definition) is 4. The number of amides is 1. The Bertz CT molecular complexity index is 608. The van der Waals surface area contributed by atoms with E-state index < -0.39 is 0 Å². The van der Waals surface area contributed by atoms with Gasteiger partial charge in [-0.15, -0.1) is 12.4 Å². The predicted octanol–water partition coefficient (Wildman–Crippen LogP) is 2.71. The zero-order valence-electron chi connectivity index (χ0n) is 14.6. The van der Waals surface area contributed by atoms with Crippen LogP contribution in [0.4, 0.5) is 0 Å². The second-order valence-corrected chi connectivity index (χ2v) is 7.15. The Labute approximate surface area is 155 Å². The second-order valence-electron chi connectivity index (χ2n) is 7.15. The summed E-state index contributed by atoms with van der Waals surface area (Å²) in [7, 11) is 0. The van der Waals surface area contributed by atoms with Crippen molar-refractivity contribution in [3.63, 3.8) is 0 Å². The highest BCUT2D eigenvalue weighted by molar-refractivity contribution is 5.94. The van der Waals surface area contributed by atoms with Gasteiger partial charge in [-0.1, -0.05) is 18.6 Å². The molecule has 2 fully saturated rings. The highest BCUT2D eigenvalue weighted by atomic mass is 35.5. The van der Waals surface area contributed by atoms with Crippen molar-refractivity contribution in [3.8, 4) is 5.75 Å². The van der Waals surface area contributed by atoms with Crippen molar-refractivity contribution < 1.29 is 14.3 Å². The minimum atomic E-state index is -0.0967. The summed E-state index contributed by atoms with van der Waals surface area (Å²) in [6.07, 6.45) is 5.54. The number of nitrogens with one attached hydrogen (secondary N) is 1. The van der Waals surface area contributed by atoms with Crippen molar-refractivity contribution in [2.45, 2.75) is 51.1 Å². The largest absolute Gasteiger partial charge is 0.484 e. The third-order valence-corrected chi connectivity index (χ3v) is 5.31. The van der Waals surface area contributed by atoms with Gasteiger partial charge in [0.05, 0.1) is 0 Å². The number of Topliss-reactive ketones (excluding diaryl/α,β-unsaturated/α-hetero) is 1. The summed E-state index contributed by atoms with van der Waals surface area (Å²) in [4.78, 5) is 23.7. The van der Waals surface area contributed by atoms with E-state index in [1.54, 1.807) is 24.3 Å². The second kappa shape index (κ2) is 8.68. The van der Waals surface area contributed by atoms with E-state index in [0.29, 0.717) is 23.1 Å². The Morgan fingerprint density at radius 1 is 1.24 bits per heavy atom. The van der Waals surface area contributed by atoms with Gasteiger partial charge in [-0.05, 0) is 56.6 Å². The van der Waals surface area contributed by atoms with Crippen LogP contribution in [0.25, 0.3) is 0 Å². The summed E-state index contributed by atoms with van der Waals surface area (Å²) < 4.78 is 5.55. The summed E-state index contributed by atoms with van der Waals surface area (Å²) in [6.45, 7) is 1.49. The Hall–Kier alpha value is -1.59. The molecule has 1 amide bonds. The lowest BCUT2D eigenvalue weighted by molar-refractivity contribution is -0.125. The highest BCUT2D eigenvalue weighted by Gasteiger charge is 2.39. The minimum Gasteiger partial charge on any atom is -0.484 e. The molecule has 0 radical (unpaired) electrons. The molecule has 0 spiro atoms. The number of carbonyl (C=O) groups is 2. The van der Waals surface area contributed by atoms with Crippen LogP contribution in [0.5, 0.6) is 5.75 Å². The first-order valence-electron chi connectivity index (χ1n) is 8.81. The molecule has 0 saturated heterocycles. The third kappa shape index (κ3) is 4.95. The van der Waals surface area contributed by atoms with E-state index in [-0.39, 0.29) is 42.8 Å². The van der Waals surface area contributed by atoms with Gasteiger partial charge >= 0.3 is 0 Å². The fourth-order valence-corrected chi connectivity index (χ4v) is 4.21. The van der Waals surface area contributed by atoms with Crippen LogP contribution in [0.15, 0.2) is 24.3 Å². The maximum Gasteiger partial charge on any atom is 0.258 e. The van der Waals surface area contributed by atoms with Gasteiger partial charge in [0.25, 0.3) is 5.91 Å². The first-order chi connectivity index (χ1) is 11.5. The number of fused-ring (bicyclic) bond motifs is 2. The Balaban J connectivity index is 0.00000225. The zero-order valence-corrected chi connectivity index (χ0v) is 15.4. The van der Waals surface area contributed by atoms with Crippen LogP contribution in [-0.2, 0) is 4.79 Å². The quantitative estimate of drug-likeness (QED) is 0.785. The summed E-state index contributed by atoms with van der Waals surface area (Å²) in [5, 5.41) is 3.16. The number of benzene rings is 1. The molecule has 0 aromatic heterocycles. The fraction of sp³-hybridized carbons (Fsp3) is 0.579. The molecule has 0 heterocycles. The van der Waals surface area contributed by atoms with E-state index in [1.165, 1.54) is 13.3 Å². The van der Waals surface area contributed by atoms with Gasteiger partial charge in [0.2, 0.25) is 0 Å². The monoisotopic (exact) mass is 366 g/mol. The number of ether oxygens (including phenoxy) is 1. The van der Waals surface area contributed by atoms with E-state index in [1.807, 2.05) is 0 Å². The molecule has 138 valence electrons. The number of rotatable bonds is 5. The molecule has 5 nitrogen and oxygen atoms in total. The molecule has 2 atom stereocenters. The standard InChI is InChI=1S/C19H26N2O3.ClH/c1-12(22)13-4-3-7-17(10-13)24-11-18(23)21-19-14-5-2-6-15(19)9-16(20)8-14;/h3-4,7,10,14-16,19H,2,5-6,8-9,11,20H2,1H3,(H,21,23);1H. The first-order valence-corrected chi connectivity index (χ1v) is 8.81. The summed E-state index contributed by atoms with van der Waals surface area (Å²) in [6, 6.07) is 7.44. The van der Waals surface area contributed by atoms with Crippen molar-refractivity contribution >= 4 is 24.1 Å². The Morgan fingerprint density at radius 3 is 2.56 bits per heavy atom. The first kappa shape index (κ1) is 19.7. The maximum atomic E-state index is 12.3. The Kier molecular flexibility index (Phi) is 6.85. The Morgan fingerprint density at radius 2 is 1.92 bits per heavy atom. The smallest absolute Gasteiger partial charge is 0.258 e. The van der Waals surface area contributed by atoms with Crippen molar-refractivity contribution in [2.75, 3.05) is 6.61 Å². The topological polar surface area (TPSA) is 81.4 Å². The predicted molar refractivity (Wildman–Crippen MR) is 99.2 cm³/mol. The van der Waals surface area contributed by atoms with Gasteiger partial charge in [0.15, 0.2) is 12.4 Å². The van der Waals surface area contributed by atoms with Gasteiger partial charge in [-0.3, -0.25) is 9.59 Å². The van der Waals surface area contributed by atoms with Crippen LogP contribution in [-0.4, -0.2) is 30.4 Å². The van der Waals surface area contributed by atoms with Crippen molar-refractivity contribution in [3.05, 3.63) is 29.8 Å². The van der Waals surface area contributed by atoms with Crippen LogP contribution >= 0.6 is 12.4 Å². The summed E-state index contributed by atoms with van der Waals surface area (Å²) in [5.41, 5.74) is 6.71. The lowest BCUT2D eigenvalue weighted by Crippen LogP contribution is -2.54. The van der Waals surface area contributed by atoms with Gasteiger partial charge in [-0.25, -0.2) is 0 Å². The molecule has 2 aliphatic rings. The van der Waals surface area contributed by atoms with E-state index in [0.717, 1.165) is 25.7 Å². The van der Waals surface area contributed by atoms with Crippen LogP contribution in [0, 0.1) is 11.8 Å². The molecule has 2 aliphatic carbocycles. The normalized spacial score (nSPS) is 27.8. The number of hydrogen-bond donors (Lipinski definition) is 2. The van der Waals surface area contributed by atoms with Crippen molar-refractivity contribution in [1.29, 1.82) is 0 Å². The van der Waals surface area contributed by atoms with Crippen LogP contribution < -0.4 is 15.8 Å².